The molecule has 4 rings (SSSR count). The number of amides is 2. The summed E-state index contributed by atoms with van der Waals surface area (Å²) >= 11 is 0. The van der Waals surface area contributed by atoms with Crippen molar-refractivity contribution in [3.8, 4) is 5.75 Å². The fourth-order valence-corrected chi connectivity index (χ4v) is 4.36. The summed E-state index contributed by atoms with van der Waals surface area (Å²) in [4.78, 5) is 27.4. The number of carbonyl (C=O) groups is 2. The molecule has 25 heavy (non-hydrogen) atoms. The summed E-state index contributed by atoms with van der Waals surface area (Å²) in [5.41, 5.74) is 1.28. The smallest absolute Gasteiger partial charge is 0.257 e. The third-order valence-corrected chi connectivity index (χ3v) is 5.80. The van der Waals surface area contributed by atoms with Crippen LogP contribution in [0.1, 0.15) is 61.7 Å². The van der Waals surface area contributed by atoms with E-state index < -0.39 is 0 Å². The van der Waals surface area contributed by atoms with Gasteiger partial charge in [0.15, 0.2) is 0 Å². The van der Waals surface area contributed by atoms with Crippen LogP contribution in [0.4, 0.5) is 5.69 Å². The molecule has 3 aliphatic rings. The van der Waals surface area contributed by atoms with Crippen LogP contribution in [0.25, 0.3) is 0 Å². The third kappa shape index (κ3) is 3.37. The first kappa shape index (κ1) is 16.4. The van der Waals surface area contributed by atoms with E-state index in [0.29, 0.717) is 23.6 Å². The van der Waals surface area contributed by atoms with Crippen LogP contribution in [-0.2, 0) is 4.79 Å². The average Bonchev–Trinajstić information content (AvgIpc) is 3.16. The minimum absolute atomic E-state index is 0.0383. The topological polar surface area (TPSA) is 58.6 Å². The molecule has 1 unspecified atom stereocenters. The first-order chi connectivity index (χ1) is 12.2. The number of ether oxygens (including phenoxy) is 1. The first-order valence-corrected chi connectivity index (χ1v) is 9.61. The van der Waals surface area contributed by atoms with E-state index in [0.717, 1.165) is 51.5 Å². The molecule has 134 valence electrons. The maximum Gasteiger partial charge on any atom is 0.257 e. The van der Waals surface area contributed by atoms with E-state index in [9.17, 15) is 9.59 Å². The number of carbonyl (C=O) groups excluding carboxylic acids is 2. The molecule has 2 amide bonds. The Balaban J connectivity index is 1.57. The van der Waals surface area contributed by atoms with Crippen LogP contribution in [0.15, 0.2) is 18.2 Å². The van der Waals surface area contributed by atoms with E-state index in [1.165, 1.54) is 6.42 Å². The van der Waals surface area contributed by atoms with Crippen molar-refractivity contribution < 1.29 is 14.3 Å². The second-order valence-corrected chi connectivity index (χ2v) is 7.47. The molecule has 0 radical (unpaired) electrons. The van der Waals surface area contributed by atoms with Gasteiger partial charge in [-0.2, -0.15) is 0 Å². The molecule has 1 aromatic carbocycles. The van der Waals surface area contributed by atoms with Gasteiger partial charge in [-0.1, -0.05) is 12.8 Å². The van der Waals surface area contributed by atoms with Crippen LogP contribution in [0, 0.1) is 5.92 Å². The lowest BCUT2D eigenvalue weighted by atomic mass is 9.97. The van der Waals surface area contributed by atoms with E-state index in [2.05, 4.69) is 5.32 Å². The fourth-order valence-electron chi connectivity index (χ4n) is 4.36. The molecule has 0 spiro atoms. The molecule has 0 bridgehead atoms. The van der Waals surface area contributed by atoms with Gasteiger partial charge in [0.2, 0.25) is 5.91 Å². The zero-order valence-electron chi connectivity index (χ0n) is 14.6. The normalized spacial score (nSPS) is 23.9. The zero-order valence-corrected chi connectivity index (χ0v) is 14.6. The third-order valence-electron chi connectivity index (χ3n) is 5.80. The van der Waals surface area contributed by atoms with Crippen molar-refractivity contribution in [2.24, 2.45) is 5.92 Å². The van der Waals surface area contributed by atoms with E-state index >= 15 is 0 Å². The molecule has 1 saturated carbocycles. The highest BCUT2D eigenvalue weighted by atomic mass is 16.5. The SMILES string of the molecule is O=C(Nc1ccc2c(c1)C(=O)N1CCCCC1CCO2)C1CCCC1. The second-order valence-electron chi connectivity index (χ2n) is 7.47. The number of nitrogens with zero attached hydrogens (tertiary/aromatic N) is 1. The highest BCUT2D eigenvalue weighted by Crippen LogP contribution is 2.32. The molecule has 1 N–H and O–H groups in total. The van der Waals surface area contributed by atoms with E-state index in [-0.39, 0.29) is 23.8 Å². The Bertz CT molecular complexity index is 667. The number of hydrogen-bond acceptors (Lipinski definition) is 3. The molecule has 2 aliphatic heterocycles. The molecule has 1 aromatic rings. The largest absolute Gasteiger partial charge is 0.493 e. The van der Waals surface area contributed by atoms with Crippen LogP contribution in [0.3, 0.4) is 0 Å². The van der Waals surface area contributed by atoms with Crippen LogP contribution in [0.5, 0.6) is 5.75 Å². The first-order valence-electron chi connectivity index (χ1n) is 9.61. The zero-order chi connectivity index (χ0) is 17.2. The van der Waals surface area contributed by atoms with Crippen LogP contribution < -0.4 is 10.1 Å². The molecular formula is C20H26N2O3. The van der Waals surface area contributed by atoms with Crippen molar-refractivity contribution in [3.05, 3.63) is 23.8 Å². The molecule has 1 saturated heterocycles. The summed E-state index contributed by atoms with van der Waals surface area (Å²) in [6.45, 7) is 1.46. The van der Waals surface area contributed by atoms with Crippen molar-refractivity contribution in [1.29, 1.82) is 0 Å². The summed E-state index contributed by atoms with van der Waals surface area (Å²) < 4.78 is 5.85. The van der Waals surface area contributed by atoms with Crippen LogP contribution in [0.2, 0.25) is 0 Å². The predicted octanol–water partition coefficient (Wildman–Crippen LogP) is 3.59. The number of nitrogens with one attached hydrogen (secondary N) is 1. The summed E-state index contributed by atoms with van der Waals surface area (Å²) in [5.74, 6) is 0.859. The molecule has 1 aliphatic carbocycles. The Morgan fingerprint density at radius 2 is 1.88 bits per heavy atom. The van der Waals surface area contributed by atoms with Gasteiger partial charge in [-0.3, -0.25) is 9.59 Å². The molecule has 5 nitrogen and oxygen atoms in total. The van der Waals surface area contributed by atoms with E-state index in [4.69, 9.17) is 4.74 Å². The number of hydrogen-bond donors (Lipinski definition) is 1. The Morgan fingerprint density at radius 3 is 2.72 bits per heavy atom. The van der Waals surface area contributed by atoms with Gasteiger partial charge in [0.05, 0.1) is 12.2 Å². The van der Waals surface area contributed by atoms with Gasteiger partial charge >= 0.3 is 0 Å². The monoisotopic (exact) mass is 342 g/mol. The van der Waals surface area contributed by atoms with Gasteiger partial charge in [0.25, 0.3) is 5.91 Å². The average molecular weight is 342 g/mol. The van der Waals surface area contributed by atoms with Crippen molar-refractivity contribution in [2.45, 2.75) is 57.4 Å². The quantitative estimate of drug-likeness (QED) is 0.893. The van der Waals surface area contributed by atoms with E-state index in [1.54, 1.807) is 6.07 Å². The second kappa shape index (κ2) is 7.06. The molecule has 2 fully saturated rings. The van der Waals surface area contributed by atoms with Gasteiger partial charge in [-0.05, 0) is 50.3 Å². The van der Waals surface area contributed by atoms with Gasteiger partial charge < -0.3 is 15.0 Å². The molecule has 1 atom stereocenters. The van der Waals surface area contributed by atoms with E-state index in [1.807, 2.05) is 17.0 Å². The fraction of sp³-hybridized carbons (Fsp3) is 0.600. The lowest BCUT2D eigenvalue weighted by Gasteiger charge is -2.37. The minimum atomic E-state index is 0.0383. The summed E-state index contributed by atoms with van der Waals surface area (Å²) in [7, 11) is 0. The van der Waals surface area contributed by atoms with Crippen molar-refractivity contribution >= 4 is 17.5 Å². The molecule has 0 aromatic heterocycles. The molecule has 2 heterocycles. The Morgan fingerprint density at radius 1 is 1.08 bits per heavy atom. The minimum Gasteiger partial charge on any atom is -0.493 e. The Labute approximate surface area is 148 Å². The van der Waals surface area contributed by atoms with Crippen molar-refractivity contribution in [2.75, 3.05) is 18.5 Å². The van der Waals surface area contributed by atoms with Gasteiger partial charge in [-0.15, -0.1) is 0 Å². The van der Waals surface area contributed by atoms with Crippen LogP contribution >= 0.6 is 0 Å². The highest BCUT2D eigenvalue weighted by Gasteiger charge is 2.31. The predicted molar refractivity (Wildman–Crippen MR) is 95.8 cm³/mol. The number of piperidine rings is 1. The van der Waals surface area contributed by atoms with Crippen LogP contribution in [-0.4, -0.2) is 35.9 Å². The summed E-state index contributed by atoms with van der Waals surface area (Å²) in [6.07, 6.45) is 8.39. The maximum atomic E-state index is 13.1. The lowest BCUT2D eigenvalue weighted by molar-refractivity contribution is -0.119. The Hall–Kier alpha value is -2.04. The molecule has 5 heteroatoms. The standard InChI is InChI=1S/C20H26N2O3/c23-19(14-5-1-2-6-14)21-15-8-9-18-17(13-15)20(24)22-11-4-3-7-16(22)10-12-25-18/h8-9,13-14,16H,1-7,10-12H2,(H,21,23). The number of anilines is 1. The highest BCUT2D eigenvalue weighted by molar-refractivity contribution is 6.00. The van der Waals surface area contributed by atoms with Gasteiger partial charge in [-0.25, -0.2) is 0 Å². The number of rotatable bonds is 2. The van der Waals surface area contributed by atoms with Gasteiger partial charge in [0.1, 0.15) is 5.75 Å². The number of fused-ring (bicyclic) bond motifs is 2. The van der Waals surface area contributed by atoms with Crippen molar-refractivity contribution in [3.63, 3.8) is 0 Å². The number of benzene rings is 1. The van der Waals surface area contributed by atoms with Gasteiger partial charge in [0, 0.05) is 30.6 Å². The summed E-state index contributed by atoms with van der Waals surface area (Å²) in [6, 6.07) is 5.74. The van der Waals surface area contributed by atoms with Crippen molar-refractivity contribution in [1.82, 2.24) is 4.90 Å². The Kier molecular flexibility index (Phi) is 4.64. The molecular weight excluding hydrogens is 316 g/mol. The lowest BCUT2D eigenvalue weighted by Crippen LogP contribution is -2.45. The summed E-state index contributed by atoms with van der Waals surface area (Å²) in [5, 5.41) is 3.00. The maximum absolute atomic E-state index is 13.1.